The molecule has 0 aromatic heterocycles. The van der Waals surface area contributed by atoms with Gasteiger partial charge in [-0.25, -0.2) is 0 Å². The second-order valence-corrected chi connectivity index (χ2v) is 8.18. The van der Waals surface area contributed by atoms with Gasteiger partial charge in [-0.1, -0.05) is 24.3 Å². The molecule has 1 heterocycles. The number of hydrogen-bond acceptors (Lipinski definition) is 3. The Kier molecular flexibility index (Phi) is 5.76. The zero-order valence-corrected chi connectivity index (χ0v) is 14.8. The summed E-state index contributed by atoms with van der Waals surface area (Å²) in [6.07, 6.45) is 1.76. The fourth-order valence-corrected chi connectivity index (χ4v) is 4.84. The minimum atomic E-state index is -0.573. The zero-order chi connectivity index (χ0) is 15.0. The first-order valence-electron chi connectivity index (χ1n) is 7.04. The maximum absolute atomic E-state index is 12.2. The number of carbonyl (C=O) groups is 1. The molecule has 2 N–H and O–H groups in total. The van der Waals surface area contributed by atoms with Crippen molar-refractivity contribution in [3.63, 3.8) is 0 Å². The number of amides is 1. The molecule has 21 heavy (non-hydrogen) atoms. The first kappa shape index (κ1) is 18.3. The highest BCUT2D eigenvalue weighted by molar-refractivity contribution is 8.02. The number of halogens is 1. The fourth-order valence-electron chi connectivity index (χ4n) is 3.04. The van der Waals surface area contributed by atoms with E-state index in [-0.39, 0.29) is 23.1 Å². The second-order valence-electron chi connectivity index (χ2n) is 6.26. The number of thioether (sulfide) groups is 1. The van der Waals surface area contributed by atoms with Crippen molar-refractivity contribution in [2.24, 2.45) is 5.73 Å². The summed E-state index contributed by atoms with van der Waals surface area (Å²) in [7, 11) is 4.10. The SMILES string of the molecule is CN(C)CCCC1(C(N)=O)SC(C)(C)c2ccccc21.Cl. The Morgan fingerprint density at radius 3 is 2.33 bits per heavy atom. The maximum Gasteiger partial charge on any atom is 0.238 e. The van der Waals surface area contributed by atoms with Crippen molar-refractivity contribution < 1.29 is 4.79 Å². The number of nitrogens with zero attached hydrogens (tertiary/aromatic N) is 1. The quantitative estimate of drug-likeness (QED) is 0.903. The molecule has 1 aromatic rings. The molecule has 0 fully saturated rings. The molecule has 1 atom stereocenters. The van der Waals surface area contributed by atoms with E-state index in [0.29, 0.717) is 0 Å². The van der Waals surface area contributed by atoms with Gasteiger partial charge in [-0.3, -0.25) is 4.79 Å². The van der Waals surface area contributed by atoms with Crippen molar-refractivity contribution in [3.8, 4) is 0 Å². The van der Waals surface area contributed by atoms with Crippen LogP contribution in [0.2, 0.25) is 0 Å². The van der Waals surface area contributed by atoms with Gasteiger partial charge in [0.2, 0.25) is 5.91 Å². The molecule has 1 unspecified atom stereocenters. The number of nitrogens with two attached hydrogens (primary N) is 1. The third-order valence-electron chi connectivity index (χ3n) is 3.97. The van der Waals surface area contributed by atoms with Crippen molar-refractivity contribution >= 4 is 30.1 Å². The van der Waals surface area contributed by atoms with E-state index >= 15 is 0 Å². The molecule has 0 spiro atoms. The van der Waals surface area contributed by atoms with Gasteiger partial charge in [0.05, 0.1) is 0 Å². The lowest BCUT2D eigenvalue weighted by molar-refractivity contribution is -0.120. The van der Waals surface area contributed by atoms with Gasteiger partial charge in [0.1, 0.15) is 4.75 Å². The molecule has 118 valence electrons. The summed E-state index contributed by atoms with van der Waals surface area (Å²) in [4.78, 5) is 14.4. The first-order chi connectivity index (χ1) is 9.29. The highest BCUT2D eigenvalue weighted by Gasteiger charge is 2.51. The van der Waals surface area contributed by atoms with Crippen LogP contribution in [0.25, 0.3) is 0 Å². The number of benzene rings is 1. The summed E-state index contributed by atoms with van der Waals surface area (Å²) < 4.78 is -0.639. The first-order valence-corrected chi connectivity index (χ1v) is 7.86. The predicted octanol–water partition coefficient (Wildman–Crippen LogP) is 3.11. The van der Waals surface area contributed by atoms with Crippen LogP contribution in [0, 0.1) is 0 Å². The predicted molar refractivity (Wildman–Crippen MR) is 93.0 cm³/mol. The van der Waals surface area contributed by atoms with Crippen LogP contribution in [0.5, 0.6) is 0 Å². The molecule has 1 aliphatic heterocycles. The summed E-state index contributed by atoms with van der Waals surface area (Å²) in [5.74, 6) is -0.209. The van der Waals surface area contributed by atoms with E-state index in [2.05, 4.69) is 45.0 Å². The number of hydrogen-bond donors (Lipinski definition) is 1. The summed E-state index contributed by atoms with van der Waals surface area (Å²) in [6, 6.07) is 8.24. The molecule has 0 bridgehead atoms. The number of primary amides is 1. The average molecular weight is 329 g/mol. The van der Waals surface area contributed by atoms with E-state index in [1.807, 2.05) is 12.1 Å². The van der Waals surface area contributed by atoms with E-state index in [9.17, 15) is 4.79 Å². The van der Waals surface area contributed by atoms with Gasteiger partial charge >= 0.3 is 0 Å². The van der Waals surface area contributed by atoms with Gasteiger partial charge in [-0.2, -0.15) is 0 Å². The molecular weight excluding hydrogens is 304 g/mol. The van der Waals surface area contributed by atoms with Crippen LogP contribution in [-0.4, -0.2) is 31.4 Å². The Bertz CT molecular complexity index is 519. The van der Waals surface area contributed by atoms with Crippen LogP contribution in [0.3, 0.4) is 0 Å². The lowest BCUT2D eigenvalue weighted by Gasteiger charge is -2.28. The fraction of sp³-hybridized carbons (Fsp3) is 0.562. The average Bonchev–Trinajstić information content (AvgIpc) is 2.59. The molecule has 0 radical (unpaired) electrons. The van der Waals surface area contributed by atoms with Crippen LogP contribution in [0.15, 0.2) is 24.3 Å². The molecule has 5 heteroatoms. The third kappa shape index (κ3) is 3.38. The van der Waals surface area contributed by atoms with E-state index in [1.54, 1.807) is 11.8 Å². The molecule has 3 nitrogen and oxygen atoms in total. The zero-order valence-electron chi connectivity index (χ0n) is 13.2. The molecule has 0 saturated carbocycles. The van der Waals surface area contributed by atoms with Crippen molar-refractivity contribution in [3.05, 3.63) is 35.4 Å². The number of carbonyl (C=O) groups excluding carboxylic acids is 1. The normalized spacial score (nSPS) is 22.7. The minimum absolute atomic E-state index is 0. The minimum Gasteiger partial charge on any atom is -0.368 e. The van der Waals surface area contributed by atoms with Crippen LogP contribution < -0.4 is 5.73 Å². The summed E-state index contributed by atoms with van der Waals surface area (Å²) in [5, 5.41) is 0. The van der Waals surface area contributed by atoms with E-state index in [1.165, 1.54) is 5.56 Å². The van der Waals surface area contributed by atoms with Gasteiger partial charge in [0, 0.05) is 4.75 Å². The molecular formula is C16H25ClN2OS. The van der Waals surface area contributed by atoms with Crippen molar-refractivity contribution in [1.29, 1.82) is 0 Å². The smallest absolute Gasteiger partial charge is 0.238 e. The second kappa shape index (κ2) is 6.59. The molecule has 2 rings (SSSR count). The Morgan fingerprint density at radius 1 is 1.24 bits per heavy atom. The Morgan fingerprint density at radius 2 is 1.81 bits per heavy atom. The molecule has 1 aliphatic rings. The van der Waals surface area contributed by atoms with Crippen molar-refractivity contribution in [1.82, 2.24) is 4.90 Å². The molecule has 1 aromatic carbocycles. The number of fused-ring (bicyclic) bond motifs is 1. The standard InChI is InChI=1S/C16H24N2OS.ClH/c1-15(2)12-8-5-6-9-13(12)16(20-15,14(17)19)10-7-11-18(3)4;/h5-6,8-9H,7,10-11H2,1-4H3,(H2,17,19);1H. The Labute approximate surface area is 138 Å². The summed E-state index contributed by atoms with van der Waals surface area (Å²) in [6.45, 7) is 5.32. The largest absolute Gasteiger partial charge is 0.368 e. The van der Waals surface area contributed by atoms with Crippen LogP contribution >= 0.6 is 24.2 Å². The van der Waals surface area contributed by atoms with Gasteiger partial charge in [0.15, 0.2) is 0 Å². The maximum atomic E-state index is 12.2. The number of rotatable bonds is 5. The molecule has 0 aliphatic carbocycles. The van der Waals surface area contributed by atoms with Crippen LogP contribution in [0.1, 0.15) is 37.8 Å². The van der Waals surface area contributed by atoms with Crippen LogP contribution in [-0.2, 0) is 14.3 Å². The molecule has 1 amide bonds. The van der Waals surface area contributed by atoms with E-state index in [0.717, 1.165) is 24.9 Å². The highest BCUT2D eigenvalue weighted by atomic mass is 35.5. The third-order valence-corrected chi connectivity index (χ3v) is 5.68. The van der Waals surface area contributed by atoms with Crippen LogP contribution in [0.4, 0.5) is 0 Å². The van der Waals surface area contributed by atoms with Gasteiger partial charge in [0.25, 0.3) is 0 Å². The topological polar surface area (TPSA) is 46.3 Å². The van der Waals surface area contributed by atoms with Gasteiger partial charge in [-0.05, 0) is 58.5 Å². The summed E-state index contributed by atoms with van der Waals surface area (Å²) >= 11 is 1.71. The Balaban J connectivity index is 0.00000220. The van der Waals surface area contributed by atoms with E-state index < -0.39 is 4.75 Å². The van der Waals surface area contributed by atoms with Gasteiger partial charge < -0.3 is 10.6 Å². The van der Waals surface area contributed by atoms with Gasteiger partial charge in [-0.15, -0.1) is 24.2 Å². The highest BCUT2D eigenvalue weighted by Crippen LogP contribution is 2.59. The molecule has 0 saturated heterocycles. The lowest BCUT2D eigenvalue weighted by Crippen LogP contribution is -2.37. The Hall–Kier alpha value is -0.710. The lowest BCUT2D eigenvalue weighted by atomic mass is 9.86. The van der Waals surface area contributed by atoms with E-state index in [4.69, 9.17) is 5.73 Å². The summed E-state index contributed by atoms with van der Waals surface area (Å²) in [5.41, 5.74) is 8.17. The monoisotopic (exact) mass is 328 g/mol. The van der Waals surface area contributed by atoms with Crippen molar-refractivity contribution in [2.45, 2.75) is 36.2 Å². The van der Waals surface area contributed by atoms with Crippen molar-refractivity contribution in [2.75, 3.05) is 20.6 Å².